The van der Waals surface area contributed by atoms with Gasteiger partial charge in [0, 0.05) is 6.04 Å². The number of carbonyl (C=O) groups excluding carboxylic acids is 2. The van der Waals surface area contributed by atoms with E-state index in [1.807, 2.05) is 33.8 Å². The summed E-state index contributed by atoms with van der Waals surface area (Å²) in [7, 11) is -4.00. The van der Waals surface area contributed by atoms with E-state index in [4.69, 9.17) is 4.74 Å². The van der Waals surface area contributed by atoms with Crippen molar-refractivity contribution in [2.75, 3.05) is 17.5 Å². The van der Waals surface area contributed by atoms with Crippen LogP contribution < -0.4 is 19.8 Å². The number of sulfonamides is 1. The minimum atomic E-state index is -4.00. The van der Waals surface area contributed by atoms with Crippen LogP contribution in [0.1, 0.15) is 30.5 Å². The average Bonchev–Trinajstić information content (AvgIpc) is 2.86. The average molecular weight is 537 g/mol. The van der Waals surface area contributed by atoms with Crippen molar-refractivity contribution in [2.45, 2.75) is 38.6 Å². The van der Waals surface area contributed by atoms with Crippen molar-refractivity contribution in [1.29, 1.82) is 0 Å². The van der Waals surface area contributed by atoms with Gasteiger partial charge < -0.3 is 10.1 Å². The van der Waals surface area contributed by atoms with Crippen molar-refractivity contribution in [3.8, 4) is 5.75 Å². The van der Waals surface area contributed by atoms with E-state index in [1.165, 1.54) is 18.3 Å². The number of rotatable bonds is 11. The molecule has 3 aromatic rings. The molecule has 2 amide bonds. The van der Waals surface area contributed by atoms with Crippen molar-refractivity contribution >= 4 is 33.7 Å². The van der Waals surface area contributed by atoms with Gasteiger partial charge in [0.2, 0.25) is 0 Å². The third-order valence-electron chi connectivity index (χ3n) is 5.29. The lowest BCUT2D eigenvalue weighted by Gasteiger charge is -2.24. The Kier molecular flexibility index (Phi) is 9.61. The molecule has 200 valence electrons. The number of hydrazone groups is 1. The largest absolute Gasteiger partial charge is 0.484 e. The molecule has 0 aliphatic heterocycles. The van der Waals surface area contributed by atoms with Gasteiger partial charge in [0.25, 0.3) is 21.8 Å². The van der Waals surface area contributed by atoms with E-state index in [-0.39, 0.29) is 23.5 Å². The second kappa shape index (κ2) is 12.9. The van der Waals surface area contributed by atoms with Crippen LogP contribution in [0.4, 0.5) is 5.69 Å². The second-order valence-electron chi connectivity index (χ2n) is 9.04. The smallest absolute Gasteiger partial charge is 0.264 e. The van der Waals surface area contributed by atoms with E-state index < -0.39 is 22.5 Å². The molecule has 0 aliphatic carbocycles. The quantitative estimate of drug-likeness (QED) is 0.287. The van der Waals surface area contributed by atoms with Crippen LogP contribution >= 0.6 is 0 Å². The summed E-state index contributed by atoms with van der Waals surface area (Å²) in [6.07, 6.45) is 1.43. The summed E-state index contributed by atoms with van der Waals surface area (Å²) in [6, 6.07) is 20.2. The Labute approximate surface area is 223 Å². The van der Waals surface area contributed by atoms with Gasteiger partial charge >= 0.3 is 0 Å². The van der Waals surface area contributed by atoms with Gasteiger partial charge in [-0.05, 0) is 87.4 Å². The minimum Gasteiger partial charge on any atom is -0.484 e. The normalized spacial score (nSPS) is 11.4. The molecule has 0 radical (unpaired) electrons. The summed E-state index contributed by atoms with van der Waals surface area (Å²) in [5.41, 5.74) is 5.23. The van der Waals surface area contributed by atoms with Crippen LogP contribution in [0, 0.1) is 13.8 Å². The zero-order valence-electron chi connectivity index (χ0n) is 21.8. The van der Waals surface area contributed by atoms with Crippen molar-refractivity contribution < 1.29 is 22.7 Å². The van der Waals surface area contributed by atoms with Crippen molar-refractivity contribution in [1.82, 2.24) is 10.7 Å². The molecule has 0 bridgehead atoms. The minimum absolute atomic E-state index is 0.0338. The highest BCUT2D eigenvalue weighted by Crippen LogP contribution is 2.24. The maximum Gasteiger partial charge on any atom is 0.264 e. The van der Waals surface area contributed by atoms with Gasteiger partial charge in [-0.15, -0.1) is 0 Å². The van der Waals surface area contributed by atoms with Gasteiger partial charge in [-0.3, -0.25) is 13.9 Å². The zero-order valence-corrected chi connectivity index (χ0v) is 22.7. The highest BCUT2D eigenvalue weighted by atomic mass is 32.2. The van der Waals surface area contributed by atoms with Crippen LogP contribution in [0.15, 0.2) is 82.8 Å². The molecule has 2 N–H and O–H groups in total. The van der Waals surface area contributed by atoms with Gasteiger partial charge in [0.05, 0.1) is 16.8 Å². The van der Waals surface area contributed by atoms with Gasteiger partial charge in [-0.1, -0.05) is 29.8 Å². The molecule has 10 heteroatoms. The number of carbonyl (C=O) groups is 2. The standard InChI is InChI=1S/C28H32N4O5S/c1-20(2)30-28(34)19-37-25-12-10-23(11-13-25)17-29-31-27(33)18-32(24-7-5-6-22(4)16-24)38(35,36)26-14-8-21(3)9-15-26/h5-17,20H,18-19H2,1-4H3,(H,30,34)(H,31,33)/b29-17+. The van der Waals surface area contributed by atoms with E-state index in [9.17, 15) is 18.0 Å². The van der Waals surface area contributed by atoms with E-state index in [1.54, 1.807) is 54.6 Å². The number of ether oxygens (including phenoxy) is 1. The molecule has 0 saturated carbocycles. The molecule has 0 heterocycles. The number of nitrogens with one attached hydrogen (secondary N) is 2. The number of hydrogen-bond acceptors (Lipinski definition) is 6. The van der Waals surface area contributed by atoms with Gasteiger partial charge in [-0.2, -0.15) is 5.10 Å². The molecule has 0 aromatic heterocycles. The fourth-order valence-corrected chi connectivity index (χ4v) is 4.86. The number of nitrogens with zero attached hydrogens (tertiary/aromatic N) is 2. The van der Waals surface area contributed by atoms with E-state index in [2.05, 4.69) is 15.8 Å². The third-order valence-corrected chi connectivity index (χ3v) is 7.08. The Balaban J connectivity index is 1.66. The van der Waals surface area contributed by atoms with Crippen molar-refractivity contribution in [2.24, 2.45) is 5.10 Å². The third kappa shape index (κ3) is 8.17. The fraction of sp³-hybridized carbons (Fsp3) is 0.250. The molecular formula is C28H32N4O5S. The predicted molar refractivity (Wildman–Crippen MR) is 148 cm³/mol. The lowest BCUT2D eigenvalue weighted by molar-refractivity contribution is -0.123. The SMILES string of the molecule is Cc1ccc(S(=O)(=O)N(CC(=O)N/N=C/c2ccc(OCC(=O)NC(C)C)cc2)c2cccc(C)c2)cc1. The summed E-state index contributed by atoms with van der Waals surface area (Å²) >= 11 is 0. The van der Waals surface area contributed by atoms with E-state index in [0.29, 0.717) is 17.0 Å². The molecule has 3 aromatic carbocycles. The summed E-state index contributed by atoms with van der Waals surface area (Å²) in [6.45, 7) is 6.91. The zero-order chi connectivity index (χ0) is 27.7. The van der Waals surface area contributed by atoms with Crippen LogP contribution in [-0.4, -0.2) is 45.6 Å². The maximum atomic E-state index is 13.4. The Bertz CT molecular complexity index is 1390. The highest BCUT2D eigenvalue weighted by molar-refractivity contribution is 7.92. The summed E-state index contributed by atoms with van der Waals surface area (Å²) in [5.74, 6) is -0.299. The lowest BCUT2D eigenvalue weighted by atomic mass is 10.2. The molecule has 0 fully saturated rings. The first-order chi connectivity index (χ1) is 18.0. The first-order valence-corrected chi connectivity index (χ1v) is 13.5. The molecule has 0 spiro atoms. The highest BCUT2D eigenvalue weighted by Gasteiger charge is 2.27. The second-order valence-corrected chi connectivity index (χ2v) is 10.9. The Hall–Kier alpha value is -4.18. The summed E-state index contributed by atoms with van der Waals surface area (Å²) < 4.78 is 33.4. The lowest BCUT2D eigenvalue weighted by Crippen LogP contribution is -2.39. The Morgan fingerprint density at radius 2 is 1.63 bits per heavy atom. The topological polar surface area (TPSA) is 117 Å². The Morgan fingerprint density at radius 3 is 2.26 bits per heavy atom. The van der Waals surface area contributed by atoms with Crippen LogP contribution in [0.5, 0.6) is 5.75 Å². The monoisotopic (exact) mass is 536 g/mol. The molecule has 0 atom stereocenters. The number of anilines is 1. The number of hydrogen-bond donors (Lipinski definition) is 2. The predicted octanol–water partition coefficient (Wildman–Crippen LogP) is 3.55. The van der Waals surface area contributed by atoms with Gasteiger partial charge in [0.15, 0.2) is 6.61 Å². The van der Waals surface area contributed by atoms with E-state index >= 15 is 0 Å². The number of benzene rings is 3. The van der Waals surface area contributed by atoms with Crippen LogP contribution in [0.25, 0.3) is 0 Å². The number of aryl methyl sites for hydroxylation is 2. The number of amides is 2. The summed E-state index contributed by atoms with van der Waals surface area (Å²) in [4.78, 5) is 24.5. The van der Waals surface area contributed by atoms with Crippen molar-refractivity contribution in [3.05, 3.63) is 89.5 Å². The molecule has 0 aliphatic rings. The molecule has 3 rings (SSSR count). The molecule has 0 unspecified atom stereocenters. The van der Waals surface area contributed by atoms with Crippen LogP contribution in [-0.2, 0) is 19.6 Å². The van der Waals surface area contributed by atoms with Crippen LogP contribution in [0.2, 0.25) is 0 Å². The van der Waals surface area contributed by atoms with E-state index in [0.717, 1.165) is 15.4 Å². The van der Waals surface area contributed by atoms with Gasteiger partial charge in [0.1, 0.15) is 12.3 Å². The molecule has 38 heavy (non-hydrogen) atoms. The molecular weight excluding hydrogens is 504 g/mol. The molecule has 0 saturated heterocycles. The Morgan fingerprint density at radius 1 is 0.947 bits per heavy atom. The van der Waals surface area contributed by atoms with Gasteiger partial charge in [-0.25, -0.2) is 13.8 Å². The van der Waals surface area contributed by atoms with Crippen molar-refractivity contribution in [3.63, 3.8) is 0 Å². The first-order valence-electron chi connectivity index (χ1n) is 12.0. The fourth-order valence-electron chi connectivity index (χ4n) is 3.44. The first kappa shape index (κ1) is 28.4. The summed E-state index contributed by atoms with van der Waals surface area (Å²) in [5, 5.41) is 6.70. The maximum absolute atomic E-state index is 13.4. The van der Waals surface area contributed by atoms with Crippen LogP contribution in [0.3, 0.4) is 0 Å². The molecule has 9 nitrogen and oxygen atoms in total.